The summed E-state index contributed by atoms with van der Waals surface area (Å²) < 4.78 is 17.8. The van der Waals surface area contributed by atoms with E-state index in [9.17, 15) is 9.59 Å². The lowest BCUT2D eigenvalue weighted by Gasteiger charge is -2.17. The van der Waals surface area contributed by atoms with Crippen molar-refractivity contribution in [1.82, 2.24) is 9.55 Å². The summed E-state index contributed by atoms with van der Waals surface area (Å²) in [5.74, 6) is 2.51. The molecule has 0 bridgehead atoms. The summed E-state index contributed by atoms with van der Waals surface area (Å²) in [5, 5.41) is 3.30. The lowest BCUT2D eigenvalue weighted by molar-refractivity contribution is -0.113. The van der Waals surface area contributed by atoms with E-state index in [0.29, 0.717) is 39.5 Å². The molecule has 2 aromatic carbocycles. The number of nitrogens with one attached hydrogen (secondary N) is 1. The predicted octanol–water partition coefficient (Wildman–Crippen LogP) is 4.03. The van der Waals surface area contributed by atoms with Crippen molar-refractivity contribution in [3.63, 3.8) is 0 Å². The van der Waals surface area contributed by atoms with Crippen LogP contribution in [-0.4, -0.2) is 47.8 Å². The molecule has 34 heavy (non-hydrogen) atoms. The average molecular weight is 500 g/mol. The summed E-state index contributed by atoms with van der Waals surface area (Å²) in [6.07, 6.45) is 0.720. The van der Waals surface area contributed by atoms with Gasteiger partial charge >= 0.3 is 0 Å². The van der Waals surface area contributed by atoms with Gasteiger partial charge in [0.05, 0.1) is 42.9 Å². The Kier molecular flexibility index (Phi) is 7.69. The first-order valence-corrected chi connectivity index (χ1v) is 12.7. The van der Waals surface area contributed by atoms with Gasteiger partial charge < -0.3 is 19.5 Å². The minimum Gasteiger partial charge on any atom is -0.497 e. The van der Waals surface area contributed by atoms with Crippen LogP contribution in [0, 0.1) is 0 Å². The van der Waals surface area contributed by atoms with Crippen molar-refractivity contribution in [2.24, 2.45) is 0 Å². The summed E-state index contributed by atoms with van der Waals surface area (Å²) in [6.45, 7) is 2.49. The highest BCUT2D eigenvalue weighted by Crippen LogP contribution is 2.33. The van der Waals surface area contributed by atoms with Gasteiger partial charge in [0.1, 0.15) is 17.2 Å². The molecule has 1 amide bonds. The lowest BCUT2D eigenvalue weighted by Crippen LogP contribution is -2.25. The molecule has 0 spiro atoms. The monoisotopic (exact) mass is 499 g/mol. The zero-order valence-electron chi connectivity index (χ0n) is 19.1. The number of fused-ring (bicyclic) bond motifs is 1. The van der Waals surface area contributed by atoms with Gasteiger partial charge in [-0.1, -0.05) is 11.8 Å². The fourth-order valence-corrected chi connectivity index (χ4v) is 5.35. The quantitative estimate of drug-likeness (QED) is 0.349. The molecule has 0 unspecified atom stereocenters. The van der Waals surface area contributed by atoms with Crippen LogP contribution in [0.25, 0.3) is 5.69 Å². The first kappa shape index (κ1) is 24.0. The fraction of sp³-hybridized carbons (Fsp3) is 0.292. The number of carbonyl (C=O) groups excluding carboxylic acids is 1. The van der Waals surface area contributed by atoms with E-state index in [4.69, 9.17) is 19.2 Å². The summed E-state index contributed by atoms with van der Waals surface area (Å²) >= 11 is 2.70. The van der Waals surface area contributed by atoms with Crippen LogP contribution in [0.3, 0.4) is 0 Å². The predicted molar refractivity (Wildman–Crippen MR) is 134 cm³/mol. The molecular formula is C24H25N3O5S2. The van der Waals surface area contributed by atoms with Crippen molar-refractivity contribution in [3.8, 4) is 22.9 Å². The smallest absolute Gasteiger partial charge is 0.272 e. The Morgan fingerprint density at radius 1 is 1.15 bits per heavy atom. The zero-order valence-corrected chi connectivity index (χ0v) is 20.8. The number of methoxy groups -OCH3 is 2. The van der Waals surface area contributed by atoms with Gasteiger partial charge in [-0.3, -0.25) is 14.2 Å². The number of thioether (sulfide) groups is 2. The van der Waals surface area contributed by atoms with Crippen molar-refractivity contribution in [2.75, 3.05) is 37.6 Å². The highest BCUT2D eigenvalue weighted by Gasteiger charge is 2.24. The van der Waals surface area contributed by atoms with Crippen LogP contribution in [0.4, 0.5) is 5.69 Å². The Labute approximate surface area is 206 Å². The van der Waals surface area contributed by atoms with Gasteiger partial charge in [0.2, 0.25) is 5.91 Å². The molecule has 0 radical (unpaired) electrons. The largest absolute Gasteiger partial charge is 0.497 e. The Morgan fingerprint density at radius 3 is 2.62 bits per heavy atom. The first-order chi connectivity index (χ1) is 16.5. The van der Waals surface area contributed by atoms with Crippen molar-refractivity contribution in [1.29, 1.82) is 0 Å². The van der Waals surface area contributed by atoms with Crippen molar-refractivity contribution in [3.05, 3.63) is 58.5 Å². The maximum atomic E-state index is 13.5. The molecule has 0 aliphatic carbocycles. The summed E-state index contributed by atoms with van der Waals surface area (Å²) in [6, 6.07) is 12.4. The molecule has 178 valence electrons. The Hall–Kier alpha value is -3.11. The average Bonchev–Trinajstić information content (AvgIpc) is 3.33. The second-order valence-electron chi connectivity index (χ2n) is 7.24. The van der Waals surface area contributed by atoms with Crippen LogP contribution in [0.2, 0.25) is 0 Å². The second-order valence-corrected chi connectivity index (χ2v) is 9.29. The molecule has 0 saturated heterocycles. The van der Waals surface area contributed by atoms with Crippen LogP contribution in [0.5, 0.6) is 17.2 Å². The van der Waals surface area contributed by atoms with E-state index in [0.717, 1.165) is 23.6 Å². The van der Waals surface area contributed by atoms with Crippen LogP contribution in [0.1, 0.15) is 12.6 Å². The van der Waals surface area contributed by atoms with Crippen molar-refractivity contribution < 1.29 is 19.0 Å². The topological polar surface area (TPSA) is 91.7 Å². The van der Waals surface area contributed by atoms with E-state index in [1.807, 2.05) is 6.92 Å². The number of amides is 1. The molecule has 0 fully saturated rings. The number of benzene rings is 2. The molecule has 1 aromatic heterocycles. The molecular weight excluding hydrogens is 474 g/mol. The Bertz CT molecular complexity index is 1240. The van der Waals surface area contributed by atoms with E-state index >= 15 is 0 Å². The third-order valence-electron chi connectivity index (χ3n) is 5.07. The van der Waals surface area contributed by atoms with Crippen LogP contribution in [0.15, 0.2) is 57.3 Å². The number of hydrogen-bond acceptors (Lipinski definition) is 8. The third-order valence-corrected chi connectivity index (χ3v) is 7.12. The maximum Gasteiger partial charge on any atom is 0.272 e. The van der Waals surface area contributed by atoms with Crippen LogP contribution >= 0.6 is 23.5 Å². The summed E-state index contributed by atoms with van der Waals surface area (Å²) in [7, 11) is 3.11. The first-order valence-electron chi connectivity index (χ1n) is 10.7. The number of aromatic nitrogens is 2. The number of anilines is 1. The maximum absolute atomic E-state index is 13.5. The molecule has 8 nitrogen and oxygen atoms in total. The number of ether oxygens (including phenoxy) is 3. The van der Waals surface area contributed by atoms with E-state index in [-0.39, 0.29) is 17.2 Å². The molecule has 3 aromatic rings. The van der Waals surface area contributed by atoms with Crippen LogP contribution in [-0.2, 0) is 11.2 Å². The van der Waals surface area contributed by atoms with Crippen molar-refractivity contribution in [2.45, 2.75) is 23.4 Å². The highest BCUT2D eigenvalue weighted by atomic mass is 32.2. The van der Waals surface area contributed by atoms with Crippen molar-refractivity contribution >= 4 is 35.1 Å². The number of carbonyl (C=O) groups is 1. The summed E-state index contributed by atoms with van der Waals surface area (Å²) in [4.78, 5) is 31.5. The molecule has 0 atom stereocenters. The molecule has 0 saturated carbocycles. The van der Waals surface area contributed by atoms with E-state index < -0.39 is 0 Å². The minimum absolute atomic E-state index is 0.0812. The third kappa shape index (κ3) is 5.18. The zero-order chi connectivity index (χ0) is 24.1. The SMILES string of the molecule is CCOc1ccc(NC(=O)CSc2nc3c(c(=O)n2-c2cc(OC)ccc2OC)SCC3)cc1. The molecule has 10 heteroatoms. The number of nitrogens with zero attached hydrogens (tertiary/aromatic N) is 2. The van der Waals surface area contributed by atoms with Gasteiger partial charge in [0.25, 0.3) is 5.56 Å². The van der Waals surface area contributed by atoms with Gasteiger partial charge in [0.15, 0.2) is 5.16 Å². The standard InChI is InChI=1S/C24H25N3O5S2/c1-4-32-16-7-5-15(6-8-16)25-21(28)14-34-24-26-18-11-12-33-22(18)23(29)27(24)19-13-17(30-2)9-10-20(19)31-3/h5-10,13H,4,11-12,14H2,1-3H3,(H,25,28). The normalized spacial score (nSPS) is 12.2. The number of hydrogen-bond donors (Lipinski definition) is 1. The highest BCUT2D eigenvalue weighted by molar-refractivity contribution is 8.00. The van der Waals surface area contributed by atoms with Gasteiger partial charge in [-0.05, 0) is 43.3 Å². The van der Waals surface area contributed by atoms with Crippen LogP contribution < -0.4 is 25.1 Å². The van der Waals surface area contributed by atoms with Gasteiger partial charge in [-0.25, -0.2) is 4.98 Å². The van der Waals surface area contributed by atoms with E-state index in [1.165, 1.54) is 28.1 Å². The molecule has 1 aliphatic heterocycles. The lowest BCUT2D eigenvalue weighted by atomic mass is 10.2. The molecule has 4 rings (SSSR count). The molecule has 2 heterocycles. The molecule has 1 aliphatic rings. The Balaban J connectivity index is 1.61. The van der Waals surface area contributed by atoms with Gasteiger partial charge in [-0.2, -0.15) is 0 Å². The van der Waals surface area contributed by atoms with Gasteiger partial charge in [0, 0.05) is 23.9 Å². The number of rotatable bonds is 9. The fourth-order valence-electron chi connectivity index (χ4n) is 3.50. The Morgan fingerprint density at radius 2 is 1.91 bits per heavy atom. The molecule has 1 N–H and O–H groups in total. The van der Waals surface area contributed by atoms with E-state index in [1.54, 1.807) is 56.7 Å². The van der Waals surface area contributed by atoms with E-state index in [2.05, 4.69) is 5.32 Å². The minimum atomic E-state index is -0.206. The van der Waals surface area contributed by atoms with Gasteiger partial charge in [-0.15, -0.1) is 11.8 Å². The number of aryl methyl sites for hydroxylation is 1. The summed E-state index contributed by atoms with van der Waals surface area (Å²) in [5.41, 5.74) is 1.78. The second kappa shape index (κ2) is 10.9.